The molecule has 2 aromatic rings. The van der Waals surface area contributed by atoms with Crippen LogP contribution in [0.1, 0.15) is 23.5 Å². The Hall–Kier alpha value is -3.33. The molecule has 6 nitrogen and oxygen atoms in total. The largest absolute Gasteiger partial charge is 0.481 e. The second-order valence-electron chi connectivity index (χ2n) is 5.75. The number of aliphatic carboxylic acids is 1. The summed E-state index contributed by atoms with van der Waals surface area (Å²) in [6.45, 7) is 0.116. The number of carboxylic acid groups (broad SMARTS) is 1. The zero-order valence-electron chi connectivity index (χ0n) is 13.3. The number of carbonyl (C=O) groups is 2. The highest BCUT2D eigenvalue weighted by atomic mass is 16.5. The molecule has 0 heterocycles. The van der Waals surface area contributed by atoms with Gasteiger partial charge in [-0.15, -0.1) is 0 Å². The summed E-state index contributed by atoms with van der Waals surface area (Å²) in [5.41, 5.74) is 4.40. The normalized spacial score (nSPS) is 13.2. The van der Waals surface area contributed by atoms with Gasteiger partial charge < -0.3 is 15.2 Å². The van der Waals surface area contributed by atoms with Crippen molar-refractivity contribution < 1.29 is 19.4 Å². The van der Waals surface area contributed by atoms with Gasteiger partial charge in [0.15, 0.2) is 0 Å². The fraction of sp³-hybridized carbons (Fsp3) is 0.211. The van der Waals surface area contributed by atoms with E-state index in [2.05, 4.69) is 5.32 Å². The van der Waals surface area contributed by atoms with Gasteiger partial charge in [0.2, 0.25) is 0 Å². The molecule has 1 aliphatic carbocycles. The first-order valence-electron chi connectivity index (χ1n) is 7.83. The average Bonchev–Trinajstić information content (AvgIpc) is 2.93. The molecule has 0 unspecified atom stereocenters. The maximum Gasteiger partial charge on any atom is 0.408 e. The van der Waals surface area contributed by atoms with Crippen LogP contribution in [-0.2, 0) is 9.53 Å². The van der Waals surface area contributed by atoms with E-state index in [-0.39, 0.29) is 12.5 Å². The Bertz CT molecular complexity index is 811. The van der Waals surface area contributed by atoms with Gasteiger partial charge in [-0.2, -0.15) is 5.26 Å². The monoisotopic (exact) mass is 336 g/mol. The molecule has 6 heteroatoms. The molecule has 0 aliphatic heterocycles. The second-order valence-corrected chi connectivity index (χ2v) is 5.75. The van der Waals surface area contributed by atoms with E-state index in [4.69, 9.17) is 15.1 Å². The summed E-state index contributed by atoms with van der Waals surface area (Å²) in [6, 6.07) is 16.5. The molecule has 0 saturated heterocycles. The summed E-state index contributed by atoms with van der Waals surface area (Å²) in [6.07, 6.45) is -1.27. The molecule has 25 heavy (non-hydrogen) atoms. The summed E-state index contributed by atoms with van der Waals surface area (Å²) in [4.78, 5) is 22.5. The first-order valence-corrected chi connectivity index (χ1v) is 7.83. The maximum atomic E-state index is 11.9. The topological polar surface area (TPSA) is 99.4 Å². The van der Waals surface area contributed by atoms with Crippen LogP contribution in [0.25, 0.3) is 11.1 Å². The second kappa shape index (κ2) is 7.05. The van der Waals surface area contributed by atoms with E-state index in [1.165, 1.54) is 0 Å². The number of rotatable bonds is 5. The van der Waals surface area contributed by atoms with Gasteiger partial charge in [-0.3, -0.25) is 4.79 Å². The first kappa shape index (κ1) is 16.5. The third-order valence-corrected chi connectivity index (χ3v) is 4.17. The number of alkyl carbamates (subject to hydrolysis) is 1. The van der Waals surface area contributed by atoms with Crippen LogP contribution in [0.15, 0.2) is 48.5 Å². The van der Waals surface area contributed by atoms with E-state index >= 15 is 0 Å². The average molecular weight is 336 g/mol. The van der Waals surface area contributed by atoms with E-state index in [1.807, 2.05) is 48.5 Å². The van der Waals surface area contributed by atoms with Gasteiger partial charge in [0.25, 0.3) is 0 Å². The lowest BCUT2D eigenvalue weighted by atomic mass is 9.98. The Morgan fingerprint density at radius 3 is 2.20 bits per heavy atom. The minimum absolute atomic E-state index is 0.0850. The Balaban J connectivity index is 1.70. The number of nitriles is 1. The van der Waals surface area contributed by atoms with Crippen molar-refractivity contribution in [1.82, 2.24) is 5.32 Å². The molecular formula is C19H16N2O4. The van der Waals surface area contributed by atoms with Gasteiger partial charge in [-0.05, 0) is 22.3 Å². The van der Waals surface area contributed by atoms with Crippen molar-refractivity contribution in [3.05, 3.63) is 59.7 Å². The van der Waals surface area contributed by atoms with E-state index in [1.54, 1.807) is 6.07 Å². The van der Waals surface area contributed by atoms with Crippen molar-refractivity contribution >= 4 is 12.1 Å². The molecule has 0 spiro atoms. The van der Waals surface area contributed by atoms with E-state index in [9.17, 15) is 9.59 Å². The van der Waals surface area contributed by atoms with Gasteiger partial charge in [0.05, 0.1) is 12.5 Å². The molecule has 0 radical (unpaired) electrons. The number of hydrogen-bond acceptors (Lipinski definition) is 4. The molecule has 1 amide bonds. The Morgan fingerprint density at radius 1 is 1.12 bits per heavy atom. The molecule has 0 aromatic heterocycles. The van der Waals surface area contributed by atoms with E-state index in [0.717, 1.165) is 22.3 Å². The molecular weight excluding hydrogens is 320 g/mol. The van der Waals surface area contributed by atoms with Gasteiger partial charge in [0.1, 0.15) is 12.6 Å². The molecule has 1 atom stereocenters. The standard InChI is InChI=1S/C19H16N2O4/c20-10-12(9-18(22)23)21-19(24)25-11-17-15-7-3-1-5-13(15)14-6-2-4-8-16(14)17/h1-8,12,17H,9,11H2,(H,21,24)(H,22,23)/t12-/m0/s1. The van der Waals surface area contributed by atoms with Crippen LogP contribution in [0.2, 0.25) is 0 Å². The summed E-state index contributed by atoms with van der Waals surface area (Å²) in [5, 5.41) is 19.9. The summed E-state index contributed by atoms with van der Waals surface area (Å²) < 4.78 is 5.26. The molecule has 126 valence electrons. The third-order valence-electron chi connectivity index (χ3n) is 4.17. The SMILES string of the molecule is N#C[C@H](CC(=O)O)NC(=O)OCC1c2ccccc2-c2ccccc21. The number of carboxylic acids is 1. The Kier molecular flexibility index (Phi) is 4.66. The lowest BCUT2D eigenvalue weighted by molar-refractivity contribution is -0.137. The van der Waals surface area contributed by atoms with Crippen molar-refractivity contribution in [2.24, 2.45) is 0 Å². The number of amides is 1. The fourth-order valence-corrected chi connectivity index (χ4v) is 3.09. The molecule has 0 fully saturated rings. The molecule has 0 bridgehead atoms. The minimum Gasteiger partial charge on any atom is -0.481 e. The van der Waals surface area contributed by atoms with Gasteiger partial charge in [-0.1, -0.05) is 48.5 Å². The maximum absolute atomic E-state index is 11.9. The number of nitrogens with one attached hydrogen (secondary N) is 1. The third kappa shape index (κ3) is 3.45. The van der Waals surface area contributed by atoms with Crippen LogP contribution in [-0.4, -0.2) is 29.8 Å². The van der Waals surface area contributed by atoms with Crippen LogP contribution < -0.4 is 5.32 Å². The number of fused-ring (bicyclic) bond motifs is 3. The highest BCUT2D eigenvalue weighted by molar-refractivity contribution is 5.79. The van der Waals surface area contributed by atoms with Crippen molar-refractivity contribution in [3.63, 3.8) is 0 Å². The zero-order chi connectivity index (χ0) is 17.8. The molecule has 3 rings (SSSR count). The molecule has 2 N–H and O–H groups in total. The fourth-order valence-electron chi connectivity index (χ4n) is 3.09. The van der Waals surface area contributed by atoms with Crippen LogP contribution in [0, 0.1) is 11.3 Å². The van der Waals surface area contributed by atoms with E-state index in [0.29, 0.717) is 0 Å². The highest BCUT2D eigenvalue weighted by Gasteiger charge is 2.29. The Morgan fingerprint density at radius 2 is 1.68 bits per heavy atom. The van der Waals surface area contributed by atoms with Crippen LogP contribution in [0.3, 0.4) is 0 Å². The summed E-state index contributed by atoms with van der Waals surface area (Å²) >= 11 is 0. The lowest BCUT2D eigenvalue weighted by Crippen LogP contribution is -2.36. The van der Waals surface area contributed by atoms with Crippen molar-refractivity contribution in [2.75, 3.05) is 6.61 Å². The van der Waals surface area contributed by atoms with Crippen molar-refractivity contribution in [1.29, 1.82) is 5.26 Å². The van der Waals surface area contributed by atoms with Gasteiger partial charge >= 0.3 is 12.1 Å². The first-order chi connectivity index (χ1) is 12.1. The molecule has 1 aliphatic rings. The molecule has 0 saturated carbocycles. The quantitative estimate of drug-likeness (QED) is 0.874. The van der Waals surface area contributed by atoms with Crippen molar-refractivity contribution in [3.8, 4) is 17.2 Å². The van der Waals surface area contributed by atoms with Crippen molar-refractivity contribution in [2.45, 2.75) is 18.4 Å². The summed E-state index contributed by atoms with van der Waals surface area (Å²) in [5.74, 6) is -1.25. The van der Waals surface area contributed by atoms with Crippen LogP contribution in [0.5, 0.6) is 0 Å². The lowest BCUT2D eigenvalue weighted by Gasteiger charge is -2.15. The number of carbonyl (C=O) groups excluding carboxylic acids is 1. The van der Waals surface area contributed by atoms with Crippen LogP contribution in [0.4, 0.5) is 4.79 Å². The van der Waals surface area contributed by atoms with E-state index < -0.39 is 24.5 Å². The number of benzene rings is 2. The predicted molar refractivity (Wildman–Crippen MR) is 89.9 cm³/mol. The highest BCUT2D eigenvalue weighted by Crippen LogP contribution is 2.44. The van der Waals surface area contributed by atoms with Gasteiger partial charge in [0, 0.05) is 5.92 Å². The number of ether oxygens (including phenoxy) is 1. The zero-order valence-corrected chi connectivity index (χ0v) is 13.3. The smallest absolute Gasteiger partial charge is 0.408 e. The number of nitrogens with zero attached hydrogens (tertiary/aromatic N) is 1. The minimum atomic E-state index is -1.16. The summed E-state index contributed by atoms with van der Waals surface area (Å²) in [7, 11) is 0. The van der Waals surface area contributed by atoms with Gasteiger partial charge in [-0.25, -0.2) is 4.79 Å². The van der Waals surface area contributed by atoms with Crippen LogP contribution >= 0.6 is 0 Å². The predicted octanol–water partition coefficient (Wildman–Crippen LogP) is 2.89. The number of hydrogen-bond donors (Lipinski definition) is 2. The Labute approximate surface area is 144 Å². The molecule has 2 aromatic carbocycles.